The van der Waals surface area contributed by atoms with Crippen molar-refractivity contribution < 1.29 is 35.4 Å². The number of nitrogens with zero attached hydrogens (tertiary/aromatic N) is 5. The van der Waals surface area contributed by atoms with Crippen molar-refractivity contribution in [1.29, 1.82) is 0 Å². The van der Waals surface area contributed by atoms with E-state index in [0.29, 0.717) is 51.0 Å². The third-order valence-electron chi connectivity index (χ3n) is 17.7. The molecule has 8 heteroatoms. The zero-order chi connectivity index (χ0) is 72.2. The van der Waals surface area contributed by atoms with Crippen LogP contribution in [0.25, 0.3) is 86.0 Å². The number of rotatable bonds is 9. The van der Waals surface area contributed by atoms with Gasteiger partial charge in [-0.3, -0.25) is 0 Å². The van der Waals surface area contributed by atoms with Crippen LogP contribution in [0.15, 0.2) is 176 Å². The van der Waals surface area contributed by atoms with Crippen molar-refractivity contribution in [3.05, 3.63) is 240 Å². The van der Waals surface area contributed by atoms with Crippen LogP contribution < -0.4 is 14.5 Å². The van der Waals surface area contributed by atoms with Gasteiger partial charge in [0.25, 0.3) is 0 Å². The molecule has 0 unspecified atom stereocenters. The zero-order valence-corrected chi connectivity index (χ0v) is 60.4. The maximum absolute atomic E-state index is 9.72. The van der Waals surface area contributed by atoms with Crippen LogP contribution in [0.4, 0.5) is 28.4 Å². The van der Waals surface area contributed by atoms with Crippen LogP contribution in [0.2, 0.25) is 0 Å². The van der Waals surface area contributed by atoms with Crippen molar-refractivity contribution in [3.63, 3.8) is 0 Å². The number of ether oxygens (including phenoxy) is 1. The van der Waals surface area contributed by atoms with E-state index in [1.54, 1.807) is 23.6 Å². The average Bonchev–Trinajstić information content (AvgIpc) is 1.54. The number of anilines is 4. The number of hydrogen-bond donors (Lipinski definition) is 0. The number of aromatic nitrogens is 2. The molecule has 480 valence electrons. The molecule has 0 amide bonds. The number of pyridine rings is 1. The quantitative estimate of drug-likeness (QED) is 0.135. The van der Waals surface area contributed by atoms with Gasteiger partial charge in [0, 0.05) is 84.6 Å². The maximum Gasteiger partial charge on any atom is 0.204 e. The summed E-state index contributed by atoms with van der Waals surface area (Å²) in [4.78, 5) is 13.2. The monoisotopic (exact) mass is 1440 g/mol. The van der Waals surface area contributed by atoms with Crippen LogP contribution >= 0.6 is 11.3 Å². The van der Waals surface area contributed by atoms with Gasteiger partial charge in [-0.15, -0.1) is 65.0 Å². The SMILES string of the molecule is [2H]c1c([2H])c([2H])c(-c2cc(C(C)(C)C)cc(-c3cc(C(C)(C)C)cc(C(C)(C)C)c3)c2N2[CH-]N(c3[c-]c(Oc4[c-]c5c(cc4)c4c6sc7c([N+]#[C-])cccc7c6ccc4n5-c4cc(C([2H])([2H])C(C)(C)C)ccn4)cc(-c4c(C(C)(C)C)cccc4C(C)(C)C)c3)c3ccccc32)c([2H])c1[2H].[Pt]. The van der Waals surface area contributed by atoms with E-state index in [1.165, 1.54) is 0 Å². The number of fused-ring (bicyclic) bond motifs is 8. The number of benzene rings is 9. The molecule has 9 aromatic carbocycles. The number of para-hydroxylation sites is 2. The minimum absolute atomic E-state index is 0. The molecule has 3 aromatic heterocycles. The zero-order valence-electron chi connectivity index (χ0n) is 64.3. The Morgan fingerprint density at radius 2 is 1.16 bits per heavy atom. The Labute approximate surface area is 586 Å². The molecular formula is C86H86N5OPtS-3. The normalized spacial score (nSPS) is 14.5. The Kier molecular flexibility index (Phi) is 14.5. The molecule has 0 radical (unpaired) electrons. The topological polar surface area (TPSA) is 37.9 Å². The van der Waals surface area contributed by atoms with Crippen LogP contribution in [-0.4, -0.2) is 9.55 Å². The van der Waals surface area contributed by atoms with Gasteiger partial charge >= 0.3 is 0 Å². The standard InChI is InChI=1S/C86H86N5OS.Pt/c1-81(2,3)51-53-39-40-88-75(41-53)91-73-38-37-64-63-29-25-32-70(87-19)79(63)93-80(64)77(73)65-36-35-61(50-74(65)91)92-62-45-56(76-68(85(13,14)15)30-26-31-69(76)86(16,17)18)44-60(49-62)89-52-90(72-34-24-23-33-71(72)89)78-66(54-27-21-20-22-28-54)47-59(84(10,11)12)48-67(78)55-42-57(82(4,5)6)46-58(43-55)83(7,8)9;/h20-48,52H,51H2,1-18H3;/q-3;/i20D,21D,22D,27D,28D,51D2;. The van der Waals surface area contributed by atoms with Gasteiger partial charge in [0.05, 0.1) is 13.4 Å². The van der Waals surface area contributed by atoms with Gasteiger partial charge in [0.15, 0.2) is 0 Å². The molecule has 6 nitrogen and oxygen atoms in total. The van der Waals surface area contributed by atoms with E-state index < -0.39 is 35.3 Å². The molecule has 0 fully saturated rings. The van der Waals surface area contributed by atoms with Gasteiger partial charge in [0.2, 0.25) is 5.69 Å². The van der Waals surface area contributed by atoms with Gasteiger partial charge in [0.1, 0.15) is 5.82 Å². The van der Waals surface area contributed by atoms with Gasteiger partial charge in [-0.05, 0) is 148 Å². The molecule has 1 aliphatic rings. The Morgan fingerprint density at radius 3 is 1.78 bits per heavy atom. The van der Waals surface area contributed by atoms with E-state index in [4.69, 9.17) is 17.7 Å². The molecule has 13 rings (SSSR count). The molecule has 0 spiro atoms. The van der Waals surface area contributed by atoms with Gasteiger partial charge in [-0.1, -0.05) is 233 Å². The van der Waals surface area contributed by atoms with E-state index in [2.05, 4.69) is 226 Å². The summed E-state index contributed by atoms with van der Waals surface area (Å²) in [5, 5.41) is 3.86. The fourth-order valence-electron chi connectivity index (χ4n) is 13.0. The summed E-state index contributed by atoms with van der Waals surface area (Å²) >= 11 is 1.59. The van der Waals surface area contributed by atoms with Crippen molar-refractivity contribution >= 4 is 81.8 Å². The predicted octanol–water partition coefficient (Wildman–Crippen LogP) is 25.0. The minimum Gasteiger partial charge on any atom is -0.509 e. The molecule has 0 atom stereocenters. The first-order valence-electron chi connectivity index (χ1n) is 35.7. The van der Waals surface area contributed by atoms with Crippen LogP contribution in [0.5, 0.6) is 11.5 Å². The van der Waals surface area contributed by atoms with Crippen molar-refractivity contribution in [2.75, 3.05) is 9.80 Å². The first-order valence-corrected chi connectivity index (χ1v) is 33.0. The summed E-state index contributed by atoms with van der Waals surface area (Å²) in [6.07, 6.45) is -0.0482. The molecule has 1 aliphatic heterocycles. The molecule has 94 heavy (non-hydrogen) atoms. The average molecular weight is 1440 g/mol. The second-order valence-corrected chi connectivity index (χ2v) is 32.2. The van der Waals surface area contributed by atoms with Crippen LogP contribution in [0.3, 0.4) is 0 Å². The van der Waals surface area contributed by atoms with Crippen molar-refractivity contribution in [2.24, 2.45) is 5.41 Å². The van der Waals surface area contributed by atoms with E-state index in [9.17, 15) is 8.22 Å². The molecule has 4 heterocycles. The Morgan fingerprint density at radius 1 is 0.564 bits per heavy atom. The van der Waals surface area contributed by atoms with Crippen LogP contribution in [-0.2, 0) is 54.5 Å². The summed E-state index contributed by atoms with van der Waals surface area (Å²) in [5.74, 6) is 1.31. The molecule has 12 aromatic rings. The Hall–Kier alpha value is -8.27. The second-order valence-electron chi connectivity index (χ2n) is 31.2. The number of hydrogen-bond acceptors (Lipinski definition) is 5. The molecule has 0 bridgehead atoms. The van der Waals surface area contributed by atoms with E-state index in [1.807, 2.05) is 69.9 Å². The maximum atomic E-state index is 9.72. The largest absolute Gasteiger partial charge is 0.509 e. The van der Waals surface area contributed by atoms with E-state index in [0.717, 1.165) is 97.9 Å². The summed E-state index contributed by atoms with van der Waals surface area (Å²) in [5.41, 5.74) is 12.9. The Bertz CT molecular complexity index is 5310. The third kappa shape index (κ3) is 12.3. The van der Waals surface area contributed by atoms with Crippen molar-refractivity contribution in [3.8, 4) is 50.7 Å². The predicted molar refractivity (Wildman–Crippen MR) is 396 cm³/mol. The fraction of sp³-hybridized carbons (Fsp3) is 0.291. The second kappa shape index (κ2) is 23.9. The molecule has 0 saturated heterocycles. The van der Waals surface area contributed by atoms with E-state index >= 15 is 0 Å². The van der Waals surface area contributed by atoms with Crippen molar-refractivity contribution in [2.45, 2.75) is 158 Å². The van der Waals surface area contributed by atoms with Gasteiger partial charge in [-0.25, -0.2) is 9.83 Å². The van der Waals surface area contributed by atoms with Gasteiger partial charge < -0.3 is 19.1 Å². The smallest absolute Gasteiger partial charge is 0.204 e. The third-order valence-corrected chi connectivity index (χ3v) is 19.0. The van der Waals surface area contributed by atoms with Crippen molar-refractivity contribution in [1.82, 2.24) is 9.55 Å². The Balaban J connectivity index is 0.00000965. The minimum atomic E-state index is -1.72. The summed E-state index contributed by atoms with van der Waals surface area (Å²) < 4.78 is 76.7. The van der Waals surface area contributed by atoms with Crippen LogP contribution in [0, 0.1) is 30.8 Å². The van der Waals surface area contributed by atoms with Crippen LogP contribution in [0.1, 0.15) is 168 Å². The summed E-state index contributed by atoms with van der Waals surface area (Å²) in [6, 6.07) is 53.4. The first-order chi connectivity index (χ1) is 46.7. The fourth-order valence-corrected chi connectivity index (χ4v) is 14.3. The molecule has 0 aliphatic carbocycles. The number of thiophene rings is 1. The molecule has 0 saturated carbocycles. The summed E-state index contributed by atoms with van der Waals surface area (Å²) in [7, 11) is 0. The molecule has 0 N–H and O–H groups in total. The first kappa shape index (κ1) is 57.2. The molecular weight excluding hydrogens is 1350 g/mol. The van der Waals surface area contributed by atoms with Gasteiger partial charge in [-0.2, -0.15) is 6.07 Å². The van der Waals surface area contributed by atoms with E-state index in [-0.39, 0.29) is 60.4 Å². The summed E-state index contributed by atoms with van der Waals surface area (Å²) in [6.45, 7) is 49.1.